The summed E-state index contributed by atoms with van der Waals surface area (Å²) in [6.07, 6.45) is 4.75. The first kappa shape index (κ1) is 12.9. The van der Waals surface area contributed by atoms with Gasteiger partial charge < -0.3 is 9.80 Å². The molecule has 1 aliphatic rings. The third-order valence-corrected chi connectivity index (χ3v) is 3.73. The summed E-state index contributed by atoms with van der Waals surface area (Å²) in [7, 11) is 0. The number of benzene rings is 1. The number of aromatic nitrogens is 2. The van der Waals surface area contributed by atoms with Crippen LogP contribution in [0.25, 0.3) is 0 Å². The first-order chi connectivity index (χ1) is 9.83. The van der Waals surface area contributed by atoms with Crippen molar-refractivity contribution in [1.82, 2.24) is 9.97 Å². The molecule has 20 heavy (non-hydrogen) atoms. The van der Waals surface area contributed by atoms with E-state index in [2.05, 4.69) is 51.0 Å². The van der Waals surface area contributed by atoms with Crippen LogP contribution in [0.15, 0.2) is 42.7 Å². The Hall–Kier alpha value is -2.10. The molecule has 0 spiro atoms. The van der Waals surface area contributed by atoms with Crippen molar-refractivity contribution in [2.45, 2.75) is 13.3 Å². The monoisotopic (exact) mass is 268 g/mol. The molecule has 4 heteroatoms. The van der Waals surface area contributed by atoms with Gasteiger partial charge in [-0.3, -0.25) is 0 Å². The zero-order valence-corrected chi connectivity index (χ0v) is 11.9. The lowest BCUT2D eigenvalue weighted by atomic mass is 10.2. The normalized spacial score (nSPS) is 16.1. The van der Waals surface area contributed by atoms with Gasteiger partial charge >= 0.3 is 0 Å². The van der Waals surface area contributed by atoms with E-state index in [0.717, 1.165) is 38.5 Å². The minimum absolute atomic E-state index is 0.846. The molecule has 1 fully saturated rings. The Kier molecular flexibility index (Phi) is 3.81. The van der Waals surface area contributed by atoms with Gasteiger partial charge in [0.05, 0.1) is 0 Å². The first-order valence-corrected chi connectivity index (χ1v) is 7.16. The van der Waals surface area contributed by atoms with E-state index >= 15 is 0 Å². The SMILES string of the molecule is Cc1ccc(N2CCCN(c3ncccn3)CC2)cc1. The van der Waals surface area contributed by atoms with Gasteiger partial charge in [0, 0.05) is 44.3 Å². The van der Waals surface area contributed by atoms with Crippen LogP contribution in [-0.4, -0.2) is 36.1 Å². The standard InChI is InChI=1S/C16H20N4/c1-14-4-6-15(7-5-14)19-10-3-11-20(13-12-19)16-17-8-2-9-18-16/h2,4-9H,3,10-13H2,1H3. The second-order valence-electron chi connectivity index (χ2n) is 5.21. The highest BCUT2D eigenvalue weighted by Crippen LogP contribution is 2.18. The van der Waals surface area contributed by atoms with Crippen LogP contribution in [0.3, 0.4) is 0 Å². The van der Waals surface area contributed by atoms with Crippen LogP contribution in [-0.2, 0) is 0 Å². The molecule has 104 valence electrons. The molecule has 0 aliphatic carbocycles. The highest BCUT2D eigenvalue weighted by Gasteiger charge is 2.16. The van der Waals surface area contributed by atoms with Gasteiger partial charge in [-0.15, -0.1) is 0 Å². The Balaban J connectivity index is 1.69. The number of nitrogens with zero attached hydrogens (tertiary/aromatic N) is 4. The van der Waals surface area contributed by atoms with Crippen molar-refractivity contribution < 1.29 is 0 Å². The average molecular weight is 268 g/mol. The van der Waals surface area contributed by atoms with Gasteiger partial charge in [0.1, 0.15) is 0 Å². The van der Waals surface area contributed by atoms with Crippen molar-refractivity contribution in [3.8, 4) is 0 Å². The van der Waals surface area contributed by atoms with Gasteiger partial charge in [-0.2, -0.15) is 0 Å². The van der Waals surface area contributed by atoms with Gasteiger partial charge in [0.2, 0.25) is 5.95 Å². The van der Waals surface area contributed by atoms with Crippen LogP contribution < -0.4 is 9.80 Å². The third-order valence-electron chi connectivity index (χ3n) is 3.73. The van der Waals surface area contributed by atoms with Crippen LogP contribution in [0.2, 0.25) is 0 Å². The molecule has 0 atom stereocenters. The van der Waals surface area contributed by atoms with Crippen molar-refractivity contribution in [3.63, 3.8) is 0 Å². The summed E-state index contributed by atoms with van der Waals surface area (Å²) in [5.41, 5.74) is 2.62. The molecule has 1 aromatic carbocycles. The predicted molar refractivity (Wildman–Crippen MR) is 82.3 cm³/mol. The zero-order chi connectivity index (χ0) is 13.8. The molecule has 4 nitrogen and oxygen atoms in total. The number of rotatable bonds is 2. The predicted octanol–water partition coefficient (Wildman–Crippen LogP) is 2.50. The van der Waals surface area contributed by atoms with Gasteiger partial charge in [-0.05, 0) is 31.5 Å². The fourth-order valence-corrected chi connectivity index (χ4v) is 2.59. The Morgan fingerprint density at radius 3 is 2.25 bits per heavy atom. The van der Waals surface area contributed by atoms with Gasteiger partial charge in [0.15, 0.2) is 0 Å². The minimum atomic E-state index is 0.846. The van der Waals surface area contributed by atoms with Gasteiger partial charge in [-0.25, -0.2) is 9.97 Å². The molecule has 3 rings (SSSR count). The van der Waals surface area contributed by atoms with Gasteiger partial charge in [-0.1, -0.05) is 17.7 Å². The smallest absolute Gasteiger partial charge is 0.225 e. The van der Waals surface area contributed by atoms with Gasteiger partial charge in [0.25, 0.3) is 0 Å². The summed E-state index contributed by atoms with van der Waals surface area (Å²) >= 11 is 0. The Morgan fingerprint density at radius 1 is 0.850 bits per heavy atom. The van der Waals surface area contributed by atoms with Crippen LogP contribution >= 0.6 is 0 Å². The molecular weight excluding hydrogens is 248 g/mol. The minimum Gasteiger partial charge on any atom is -0.370 e. The average Bonchev–Trinajstić information content (AvgIpc) is 2.75. The molecule has 1 aliphatic heterocycles. The quantitative estimate of drug-likeness (QED) is 0.837. The molecule has 0 saturated carbocycles. The number of aryl methyl sites for hydroxylation is 1. The van der Waals surface area contributed by atoms with Crippen LogP contribution in [0.4, 0.5) is 11.6 Å². The fraction of sp³-hybridized carbons (Fsp3) is 0.375. The first-order valence-electron chi connectivity index (χ1n) is 7.16. The van der Waals surface area contributed by atoms with E-state index in [1.54, 1.807) is 0 Å². The van der Waals surface area contributed by atoms with Crippen LogP contribution in [0.1, 0.15) is 12.0 Å². The van der Waals surface area contributed by atoms with E-state index in [1.807, 2.05) is 18.5 Å². The van der Waals surface area contributed by atoms with Crippen LogP contribution in [0.5, 0.6) is 0 Å². The van der Waals surface area contributed by atoms with E-state index < -0.39 is 0 Å². The highest BCUT2D eigenvalue weighted by atomic mass is 15.3. The maximum Gasteiger partial charge on any atom is 0.225 e. The molecule has 2 heterocycles. The van der Waals surface area contributed by atoms with E-state index in [-0.39, 0.29) is 0 Å². The number of hydrogen-bond donors (Lipinski definition) is 0. The zero-order valence-electron chi connectivity index (χ0n) is 11.9. The fourth-order valence-electron chi connectivity index (χ4n) is 2.59. The molecule has 2 aromatic rings. The summed E-state index contributed by atoms with van der Waals surface area (Å²) in [5.74, 6) is 0.846. The second-order valence-corrected chi connectivity index (χ2v) is 5.21. The lowest BCUT2D eigenvalue weighted by Crippen LogP contribution is -2.31. The van der Waals surface area contributed by atoms with Crippen molar-refractivity contribution in [3.05, 3.63) is 48.3 Å². The molecule has 1 aromatic heterocycles. The third kappa shape index (κ3) is 2.90. The lowest BCUT2D eigenvalue weighted by Gasteiger charge is -2.23. The second kappa shape index (κ2) is 5.90. The van der Waals surface area contributed by atoms with E-state index in [9.17, 15) is 0 Å². The topological polar surface area (TPSA) is 32.3 Å². The summed E-state index contributed by atoms with van der Waals surface area (Å²) in [4.78, 5) is 13.4. The van der Waals surface area contributed by atoms with Crippen molar-refractivity contribution in [2.24, 2.45) is 0 Å². The van der Waals surface area contributed by atoms with Crippen molar-refractivity contribution in [1.29, 1.82) is 0 Å². The maximum absolute atomic E-state index is 4.35. The molecule has 0 N–H and O–H groups in total. The Labute approximate surface area is 120 Å². The summed E-state index contributed by atoms with van der Waals surface area (Å²) < 4.78 is 0. The number of anilines is 2. The lowest BCUT2D eigenvalue weighted by molar-refractivity contribution is 0.782. The van der Waals surface area contributed by atoms with Crippen molar-refractivity contribution >= 4 is 11.6 Å². The maximum atomic E-state index is 4.35. The largest absolute Gasteiger partial charge is 0.370 e. The molecular formula is C16H20N4. The summed E-state index contributed by atoms with van der Waals surface area (Å²) in [6.45, 7) is 6.22. The molecule has 0 bridgehead atoms. The van der Waals surface area contributed by atoms with E-state index in [0.29, 0.717) is 0 Å². The Bertz CT molecular complexity index is 538. The highest BCUT2D eigenvalue weighted by molar-refractivity contribution is 5.48. The molecule has 0 unspecified atom stereocenters. The van der Waals surface area contributed by atoms with E-state index in [4.69, 9.17) is 0 Å². The Morgan fingerprint density at radius 2 is 1.50 bits per heavy atom. The molecule has 1 saturated heterocycles. The van der Waals surface area contributed by atoms with Crippen molar-refractivity contribution in [2.75, 3.05) is 36.0 Å². The van der Waals surface area contributed by atoms with Crippen LogP contribution in [0, 0.1) is 6.92 Å². The molecule has 0 radical (unpaired) electrons. The summed E-state index contributed by atoms with van der Waals surface area (Å²) in [6, 6.07) is 10.6. The number of hydrogen-bond acceptors (Lipinski definition) is 4. The molecule has 0 amide bonds. The summed E-state index contributed by atoms with van der Waals surface area (Å²) in [5, 5.41) is 0. The van der Waals surface area contributed by atoms with E-state index in [1.165, 1.54) is 11.3 Å².